The SMILES string of the molecule is CCCOc1ccc(C2CN3C(=O)CN(CCc4ccc(Cl)cc4)C(=O)[C@]3(C)c3[nH]c4ccccc4c32)cc1OC. The fourth-order valence-electron chi connectivity index (χ4n) is 6.30. The Balaban J connectivity index is 1.41. The Morgan fingerprint density at radius 2 is 1.83 bits per heavy atom. The molecule has 41 heavy (non-hydrogen) atoms. The third-order valence-electron chi connectivity index (χ3n) is 8.45. The number of H-pyrrole nitrogens is 1. The van der Waals surface area contributed by atoms with Gasteiger partial charge in [-0.2, -0.15) is 0 Å². The van der Waals surface area contributed by atoms with Gasteiger partial charge in [-0.15, -0.1) is 0 Å². The predicted molar refractivity (Wildman–Crippen MR) is 160 cm³/mol. The summed E-state index contributed by atoms with van der Waals surface area (Å²) in [7, 11) is 1.64. The summed E-state index contributed by atoms with van der Waals surface area (Å²) in [5, 5.41) is 1.72. The van der Waals surface area contributed by atoms with Crippen LogP contribution < -0.4 is 9.47 Å². The Kier molecular flexibility index (Phi) is 7.16. The van der Waals surface area contributed by atoms with Crippen LogP contribution in [0.15, 0.2) is 66.7 Å². The van der Waals surface area contributed by atoms with E-state index in [1.807, 2.05) is 67.6 Å². The van der Waals surface area contributed by atoms with E-state index in [9.17, 15) is 9.59 Å². The molecule has 212 valence electrons. The molecule has 7 nitrogen and oxygen atoms in total. The summed E-state index contributed by atoms with van der Waals surface area (Å²) in [6, 6.07) is 21.7. The fraction of sp³-hybridized carbons (Fsp3) is 0.333. The number of amides is 2. The number of piperazine rings is 1. The van der Waals surface area contributed by atoms with E-state index in [4.69, 9.17) is 21.1 Å². The number of hydrogen-bond donors (Lipinski definition) is 1. The quantitative estimate of drug-likeness (QED) is 0.286. The van der Waals surface area contributed by atoms with Crippen LogP contribution in [-0.2, 0) is 21.5 Å². The Labute approximate surface area is 245 Å². The molecule has 3 heterocycles. The molecule has 0 radical (unpaired) electrons. The second-order valence-electron chi connectivity index (χ2n) is 11.0. The summed E-state index contributed by atoms with van der Waals surface area (Å²) in [6.07, 6.45) is 1.54. The number of benzene rings is 3. The van der Waals surface area contributed by atoms with E-state index in [-0.39, 0.29) is 24.3 Å². The number of nitrogens with zero attached hydrogens (tertiary/aromatic N) is 2. The zero-order valence-corrected chi connectivity index (χ0v) is 24.3. The summed E-state index contributed by atoms with van der Waals surface area (Å²) >= 11 is 6.05. The number of ether oxygens (including phenoxy) is 2. The van der Waals surface area contributed by atoms with E-state index < -0.39 is 5.54 Å². The number of methoxy groups -OCH3 is 1. The summed E-state index contributed by atoms with van der Waals surface area (Å²) in [5.41, 5.74) is 3.69. The van der Waals surface area contributed by atoms with Gasteiger partial charge in [-0.25, -0.2) is 0 Å². The van der Waals surface area contributed by atoms with Gasteiger partial charge in [0.1, 0.15) is 0 Å². The van der Waals surface area contributed by atoms with E-state index >= 15 is 0 Å². The lowest BCUT2D eigenvalue weighted by molar-refractivity contribution is -0.166. The Morgan fingerprint density at radius 1 is 1.05 bits per heavy atom. The van der Waals surface area contributed by atoms with Crippen molar-refractivity contribution in [2.24, 2.45) is 0 Å². The number of hydrogen-bond acceptors (Lipinski definition) is 4. The number of halogens is 1. The van der Waals surface area contributed by atoms with Crippen molar-refractivity contribution in [1.29, 1.82) is 0 Å². The average Bonchev–Trinajstić information content (AvgIpc) is 3.39. The van der Waals surface area contributed by atoms with Gasteiger partial charge >= 0.3 is 0 Å². The van der Waals surface area contributed by atoms with E-state index in [0.717, 1.165) is 39.7 Å². The van der Waals surface area contributed by atoms with Crippen molar-refractivity contribution in [2.45, 2.75) is 38.1 Å². The molecule has 2 amide bonds. The molecule has 2 atom stereocenters. The van der Waals surface area contributed by atoms with Gasteiger partial charge in [-0.3, -0.25) is 9.59 Å². The van der Waals surface area contributed by atoms with Crippen LogP contribution in [0.2, 0.25) is 5.02 Å². The topological polar surface area (TPSA) is 74.9 Å². The summed E-state index contributed by atoms with van der Waals surface area (Å²) in [5.74, 6) is 1.06. The first kappa shape index (κ1) is 27.2. The number of nitrogens with one attached hydrogen (secondary N) is 1. The van der Waals surface area contributed by atoms with Crippen molar-refractivity contribution in [3.8, 4) is 11.5 Å². The van der Waals surface area contributed by atoms with E-state index in [0.29, 0.717) is 42.6 Å². The largest absolute Gasteiger partial charge is 0.493 e. The van der Waals surface area contributed by atoms with Crippen LogP contribution in [-0.4, -0.2) is 59.9 Å². The number of carbonyl (C=O) groups is 2. The lowest BCUT2D eigenvalue weighted by atomic mass is 9.76. The Bertz CT molecular complexity index is 1610. The molecule has 0 aliphatic carbocycles. The standard InChI is InChI=1S/C33H34ClN3O4/c1-4-17-41-27-14-11-22(18-28(27)40-3)25-19-37-29(38)20-36(16-15-21-9-12-23(34)13-10-21)32(39)33(37,2)31-30(25)24-7-5-6-8-26(24)35-31/h5-14,18,25,35H,4,15-17,19-20H2,1-3H3/t25?,33-/m0/s1. The second kappa shape index (κ2) is 10.8. The number of rotatable bonds is 8. The maximum Gasteiger partial charge on any atom is 0.254 e. The summed E-state index contributed by atoms with van der Waals surface area (Å²) in [4.78, 5) is 35.1. The number of aromatic amines is 1. The van der Waals surface area contributed by atoms with Crippen molar-refractivity contribution in [1.82, 2.24) is 14.8 Å². The van der Waals surface area contributed by atoms with Gasteiger partial charge in [0.15, 0.2) is 17.0 Å². The van der Waals surface area contributed by atoms with E-state index in [1.54, 1.807) is 16.9 Å². The van der Waals surface area contributed by atoms with Gasteiger partial charge in [0.05, 0.1) is 26.0 Å². The van der Waals surface area contributed by atoms with Crippen LogP contribution in [0.25, 0.3) is 10.9 Å². The highest BCUT2D eigenvalue weighted by atomic mass is 35.5. The minimum Gasteiger partial charge on any atom is -0.493 e. The zero-order chi connectivity index (χ0) is 28.7. The molecule has 1 N–H and O–H groups in total. The van der Waals surface area contributed by atoms with Gasteiger partial charge < -0.3 is 24.3 Å². The normalized spacial score (nSPS) is 20.2. The molecule has 4 aromatic rings. The predicted octanol–water partition coefficient (Wildman–Crippen LogP) is 5.89. The monoisotopic (exact) mass is 571 g/mol. The van der Waals surface area contributed by atoms with Crippen LogP contribution in [0, 0.1) is 0 Å². The minimum atomic E-state index is -1.14. The highest BCUT2D eigenvalue weighted by molar-refractivity contribution is 6.30. The molecule has 2 aliphatic rings. The highest BCUT2D eigenvalue weighted by Crippen LogP contribution is 2.49. The Morgan fingerprint density at radius 3 is 2.59 bits per heavy atom. The molecule has 0 saturated carbocycles. The lowest BCUT2D eigenvalue weighted by Crippen LogP contribution is -2.67. The molecule has 0 bridgehead atoms. The molecule has 8 heteroatoms. The van der Waals surface area contributed by atoms with Crippen molar-refractivity contribution in [3.05, 3.63) is 94.1 Å². The number of carbonyl (C=O) groups excluding carboxylic acids is 2. The van der Waals surface area contributed by atoms with Crippen molar-refractivity contribution >= 4 is 34.3 Å². The van der Waals surface area contributed by atoms with Crippen LogP contribution in [0.3, 0.4) is 0 Å². The Hall–Kier alpha value is -3.97. The minimum absolute atomic E-state index is 0.0530. The van der Waals surface area contributed by atoms with Crippen LogP contribution in [0.5, 0.6) is 11.5 Å². The van der Waals surface area contributed by atoms with Crippen molar-refractivity contribution < 1.29 is 19.1 Å². The van der Waals surface area contributed by atoms with Gasteiger partial charge in [-0.05, 0) is 66.8 Å². The first-order chi connectivity index (χ1) is 19.8. The lowest BCUT2D eigenvalue weighted by Gasteiger charge is -2.51. The molecule has 3 aromatic carbocycles. The maximum absolute atomic E-state index is 14.3. The third kappa shape index (κ3) is 4.62. The highest BCUT2D eigenvalue weighted by Gasteiger charge is 2.56. The van der Waals surface area contributed by atoms with E-state index in [2.05, 4.69) is 18.0 Å². The van der Waals surface area contributed by atoms with Gasteiger partial charge in [0.2, 0.25) is 5.91 Å². The first-order valence-corrected chi connectivity index (χ1v) is 14.5. The zero-order valence-electron chi connectivity index (χ0n) is 23.6. The molecule has 1 aromatic heterocycles. The van der Waals surface area contributed by atoms with Gasteiger partial charge in [0.25, 0.3) is 5.91 Å². The molecule has 1 saturated heterocycles. The van der Waals surface area contributed by atoms with Gasteiger partial charge in [-0.1, -0.05) is 54.9 Å². The molecule has 6 rings (SSSR count). The smallest absolute Gasteiger partial charge is 0.254 e. The number of fused-ring (bicyclic) bond motifs is 5. The fourth-order valence-corrected chi connectivity index (χ4v) is 6.43. The van der Waals surface area contributed by atoms with Crippen LogP contribution in [0.1, 0.15) is 48.6 Å². The van der Waals surface area contributed by atoms with Crippen LogP contribution >= 0.6 is 11.6 Å². The second-order valence-corrected chi connectivity index (χ2v) is 11.4. The molecule has 1 fully saturated rings. The average molecular weight is 572 g/mol. The molecule has 0 spiro atoms. The number of para-hydroxylation sites is 1. The number of aromatic nitrogens is 1. The van der Waals surface area contributed by atoms with Gasteiger partial charge in [0, 0.05) is 34.9 Å². The molecule has 2 aliphatic heterocycles. The molecular formula is C33H34ClN3O4. The van der Waals surface area contributed by atoms with E-state index in [1.165, 1.54) is 0 Å². The summed E-state index contributed by atoms with van der Waals surface area (Å²) < 4.78 is 11.6. The van der Waals surface area contributed by atoms with Crippen LogP contribution in [0.4, 0.5) is 0 Å². The summed E-state index contributed by atoms with van der Waals surface area (Å²) in [6.45, 7) is 5.44. The first-order valence-electron chi connectivity index (χ1n) is 14.1. The van der Waals surface area contributed by atoms with Crippen molar-refractivity contribution in [3.63, 3.8) is 0 Å². The maximum atomic E-state index is 14.3. The molecule has 1 unspecified atom stereocenters. The third-order valence-corrected chi connectivity index (χ3v) is 8.70. The van der Waals surface area contributed by atoms with Crippen molar-refractivity contribution in [2.75, 3.05) is 33.4 Å². The molecular weight excluding hydrogens is 538 g/mol.